The Labute approximate surface area is 108 Å². The van der Waals surface area contributed by atoms with Crippen LogP contribution < -0.4 is 15.8 Å². The van der Waals surface area contributed by atoms with E-state index in [1.54, 1.807) is 12.1 Å². The number of hydrogen-bond donors (Lipinski definition) is 2. The Balaban J connectivity index is 2.74. The van der Waals surface area contributed by atoms with E-state index in [-0.39, 0.29) is 11.4 Å². The minimum atomic E-state index is -4.10. The van der Waals surface area contributed by atoms with Crippen molar-refractivity contribution in [1.29, 1.82) is 0 Å². The third-order valence-corrected chi connectivity index (χ3v) is 2.36. The number of nitrogens with two attached hydrogens (primary N) is 1. The first kappa shape index (κ1) is 15.4. The molecular formula is C12H16F4N2O. The van der Waals surface area contributed by atoms with Crippen LogP contribution in [-0.4, -0.2) is 25.5 Å². The maximum atomic E-state index is 12.8. The number of nitrogens with one attached hydrogen (secondary N) is 1. The van der Waals surface area contributed by atoms with E-state index >= 15 is 0 Å². The molecule has 1 rings (SSSR count). The normalized spacial score (nSPS) is 11.7. The summed E-state index contributed by atoms with van der Waals surface area (Å²) in [5.74, 6) is -3.76. The molecule has 0 aromatic heterocycles. The topological polar surface area (TPSA) is 47.3 Å². The zero-order valence-electron chi connectivity index (χ0n) is 10.4. The van der Waals surface area contributed by atoms with Gasteiger partial charge in [0, 0.05) is 0 Å². The van der Waals surface area contributed by atoms with E-state index in [0.29, 0.717) is 12.4 Å². The van der Waals surface area contributed by atoms with Crippen LogP contribution in [-0.2, 0) is 0 Å². The van der Waals surface area contributed by atoms with Gasteiger partial charge in [-0.05, 0) is 18.6 Å². The second-order valence-electron chi connectivity index (χ2n) is 3.98. The van der Waals surface area contributed by atoms with Crippen LogP contribution in [0.4, 0.5) is 28.9 Å². The standard InChI is InChI=1S/C12H16F4N2O/c1-2-6-19-9-5-3-4-8(10(9)17)18-7-12(15,16)11(13)14/h3-5,11,18H,2,6-7,17H2,1H3. The fourth-order valence-electron chi connectivity index (χ4n) is 1.33. The molecule has 108 valence electrons. The molecule has 3 nitrogen and oxygen atoms in total. The average molecular weight is 280 g/mol. The lowest BCUT2D eigenvalue weighted by Gasteiger charge is -2.18. The highest BCUT2D eigenvalue weighted by molar-refractivity contribution is 5.72. The maximum absolute atomic E-state index is 12.8. The van der Waals surface area contributed by atoms with E-state index in [1.807, 2.05) is 6.92 Å². The van der Waals surface area contributed by atoms with Gasteiger partial charge in [-0.15, -0.1) is 0 Å². The molecule has 0 amide bonds. The van der Waals surface area contributed by atoms with E-state index in [2.05, 4.69) is 5.32 Å². The molecule has 0 heterocycles. The molecular weight excluding hydrogens is 264 g/mol. The number of hydrogen-bond acceptors (Lipinski definition) is 3. The lowest BCUT2D eigenvalue weighted by Crippen LogP contribution is -2.35. The highest BCUT2D eigenvalue weighted by Gasteiger charge is 2.40. The number of benzene rings is 1. The summed E-state index contributed by atoms with van der Waals surface area (Å²) in [6.07, 6.45) is -2.96. The zero-order valence-corrected chi connectivity index (χ0v) is 10.4. The Morgan fingerprint density at radius 2 is 2.05 bits per heavy atom. The van der Waals surface area contributed by atoms with Gasteiger partial charge in [-0.1, -0.05) is 13.0 Å². The van der Waals surface area contributed by atoms with Crippen LogP contribution in [0.15, 0.2) is 18.2 Å². The van der Waals surface area contributed by atoms with E-state index in [1.165, 1.54) is 6.07 Å². The first-order valence-electron chi connectivity index (χ1n) is 5.79. The smallest absolute Gasteiger partial charge is 0.324 e. The molecule has 0 fully saturated rings. The molecule has 0 aliphatic carbocycles. The number of rotatable bonds is 7. The van der Waals surface area contributed by atoms with Gasteiger partial charge in [-0.25, -0.2) is 8.78 Å². The third kappa shape index (κ3) is 4.18. The third-order valence-electron chi connectivity index (χ3n) is 2.36. The average Bonchev–Trinajstić information content (AvgIpc) is 2.36. The van der Waals surface area contributed by atoms with Crippen molar-refractivity contribution >= 4 is 11.4 Å². The fraction of sp³-hybridized carbons (Fsp3) is 0.500. The van der Waals surface area contributed by atoms with Gasteiger partial charge >= 0.3 is 12.3 Å². The first-order chi connectivity index (χ1) is 8.88. The molecule has 0 radical (unpaired) electrons. The van der Waals surface area contributed by atoms with Gasteiger partial charge in [-0.3, -0.25) is 0 Å². The summed E-state index contributed by atoms with van der Waals surface area (Å²) < 4.78 is 54.9. The van der Waals surface area contributed by atoms with Gasteiger partial charge in [-0.2, -0.15) is 8.78 Å². The minimum absolute atomic E-state index is 0.126. The summed E-state index contributed by atoms with van der Waals surface area (Å²) in [7, 11) is 0. The summed E-state index contributed by atoms with van der Waals surface area (Å²) >= 11 is 0. The molecule has 0 saturated carbocycles. The fourth-order valence-corrected chi connectivity index (χ4v) is 1.33. The minimum Gasteiger partial charge on any atom is -0.491 e. The van der Waals surface area contributed by atoms with E-state index in [4.69, 9.17) is 10.5 Å². The van der Waals surface area contributed by atoms with Crippen molar-refractivity contribution in [2.24, 2.45) is 0 Å². The molecule has 0 atom stereocenters. The largest absolute Gasteiger partial charge is 0.491 e. The van der Waals surface area contributed by atoms with Crippen molar-refractivity contribution in [2.75, 3.05) is 24.2 Å². The lowest BCUT2D eigenvalue weighted by atomic mass is 10.2. The number of halogens is 4. The molecule has 0 aliphatic heterocycles. The van der Waals surface area contributed by atoms with Crippen LogP contribution in [0.2, 0.25) is 0 Å². The van der Waals surface area contributed by atoms with Crippen LogP contribution in [0, 0.1) is 0 Å². The number of ether oxygens (including phenoxy) is 1. The monoisotopic (exact) mass is 280 g/mol. The van der Waals surface area contributed by atoms with Crippen molar-refractivity contribution in [3.8, 4) is 5.75 Å². The second-order valence-corrected chi connectivity index (χ2v) is 3.98. The van der Waals surface area contributed by atoms with Crippen molar-refractivity contribution < 1.29 is 22.3 Å². The van der Waals surface area contributed by atoms with Crippen LogP contribution in [0.25, 0.3) is 0 Å². The van der Waals surface area contributed by atoms with E-state index in [9.17, 15) is 17.6 Å². The van der Waals surface area contributed by atoms with Crippen molar-refractivity contribution in [2.45, 2.75) is 25.7 Å². The van der Waals surface area contributed by atoms with Crippen LogP contribution >= 0.6 is 0 Å². The first-order valence-corrected chi connectivity index (χ1v) is 5.79. The molecule has 0 unspecified atom stereocenters. The SMILES string of the molecule is CCCOc1cccc(NCC(F)(F)C(F)F)c1N. The summed E-state index contributed by atoms with van der Waals surface area (Å²) in [6, 6.07) is 4.56. The molecule has 19 heavy (non-hydrogen) atoms. The Kier molecular flexibility index (Phi) is 5.26. The van der Waals surface area contributed by atoms with Gasteiger partial charge in [0.25, 0.3) is 0 Å². The van der Waals surface area contributed by atoms with Crippen molar-refractivity contribution in [3.63, 3.8) is 0 Å². The van der Waals surface area contributed by atoms with Crippen LogP contribution in [0.3, 0.4) is 0 Å². The summed E-state index contributed by atoms with van der Waals surface area (Å²) in [5.41, 5.74) is 5.98. The second kappa shape index (κ2) is 6.49. The summed E-state index contributed by atoms with van der Waals surface area (Å²) in [4.78, 5) is 0. The molecule has 1 aromatic rings. The molecule has 0 saturated heterocycles. The predicted octanol–water partition coefficient (Wildman–Crippen LogP) is 3.37. The molecule has 1 aromatic carbocycles. The number of para-hydroxylation sites is 1. The van der Waals surface area contributed by atoms with E-state index < -0.39 is 18.9 Å². The molecule has 0 spiro atoms. The molecule has 0 aliphatic rings. The van der Waals surface area contributed by atoms with Gasteiger partial charge in [0.1, 0.15) is 5.75 Å². The highest BCUT2D eigenvalue weighted by Crippen LogP contribution is 2.31. The number of nitrogen functional groups attached to an aromatic ring is 1. The Bertz CT molecular complexity index is 413. The van der Waals surface area contributed by atoms with Gasteiger partial charge in [0.2, 0.25) is 0 Å². The Hall–Kier alpha value is -1.66. The Morgan fingerprint density at radius 3 is 2.63 bits per heavy atom. The zero-order chi connectivity index (χ0) is 14.5. The molecule has 3 N–H and O–H groups in total. The lowest BCUT2D eigenvalue weighted by molar-refractivity contribution is -0.117. The van der Waals surface area contributed by atoms with Gasteiger partial charge < -0.3 is 15.8 Å². The number of alkyl halides is 4. The van der Waals surface area contributed by atoms with Gasteiger partial charge in [0.05, 0.1) is 24.5 Å². The van der Waals surface area contributed by atoms with Crippen molar-refractivity contribution in [3.05, 3.63) is 18.2 Å². The number of anilines is 2. The predicted molar refractivity (Wildman–Crippen MR) is 66.1 cm³/mol. The molecule has 0 bridgehead atoms. The van der Waals surface area contributed by atoms with Gasteiger partial charge in [0.15, 0.2) is 0 Å². The Morgan fingerprint density at radius 1 is 1.37 bits per heavy atom. The van der Waals surface area contributed by atoms with E-state index in [0.717, 1.165) is 6.42 Å². The van der Waals surface area contributed by atoms with Crippen LogP contribution in [0.5, 0.6) is 5.75 Å². The molecule has 7 heteroatoms. The quantitative estimate of drug-likeness (QED) is 0.594. The summed E-state index contributed by atoms with van der Waals surface area (Å²) in [5, 5.41) is 2.22. The maximum Gasteiger partial charge on any atom is 0.324 e. The highest BCUT2D eigenvalue weighted by atomic mass is 19.3. The summed E-state index contributed by atoms with van der Waals surface area (Å²) in [6.45, 7) is 1.15. The van der Waals surface area contributed by atoms with Crippen LogP contribution in [0.1, 0.15) is 13.3 Å². The van der Waals surface area contributed by atoms with Crippen molar-refractivity contribution in [1.82, 2.24) is 0 Å².